The Hall–Kier alpha value is -3.44. The first-order chi connectivity index (χ1) is 14.5. The van der Waals surface area contributed by atoms with Crippen molar-refractivity contribution in [2.24, 2.45) is 5.73 Å². The van der Waals surface area contributed by atoms with Crippen molar-refractivity contribution in [3.05, 3.63) is 108 Å². The Balaban J connectivity index is 2.30. The molecule has 0 unspecified atom stereocenters. The van der Waals surface area contributed by atoms with E-state index in [1.165, 1.54) is 0 Å². The van der Waals surface area contributed by atoms with Crippen molar-refractivity contribution in [3.8, 4) is 0 Å². The van der Waals surface area contributed by atoms with Crippen molar-refractivity contribution in [3.63, 3.8) is 0 Å². The summed E-state index contributed by atoms with van der Waals surface area (Å²) in [6.07, 6.45) is 0.116. The Morgan fingerprint density at radius 2 is 1.20 bits per heavy atom. The van der Waals surface area contributed by atoms with E-state index in [1.807, 2.05) is 95.9 Å². The van der Waals surface area contributed by atoms with Crippen LogP contribution < -0.4 is 5.73 Å². The standard InChI is InChI=1S/C25H26N2O3/c1-27(22(24(29)30)17-18-23(26)28)25(19-11-5-2-6-12-19,20-13-7-3-8-14-20)21-15-9-4-10-16-21/h2-16,22H,17-18H2,1H3,(H2,26,28)(H,29,30)/t22-/m0/s1. The molecule has 154 valence electrons. The molecule has 0 radical (unpaired) electrons. The minimum absolute atomic E-state index is 0.00421. The highest BCUT2D eigenvalue weighted by atomic mass is 16.4. The van der Waals surface area contributed by atoms with Gasteiger partial charge in [0.2, 0.25) is 5.91 Å². The van der Waals surface area contributed by atoms with Gasteiger partial charge in [-0.2, -0.15) is 0 Å². The summed E-state index contributed by atoms with van der Waals surface area (Å²) in [7, 11) is 1.80. The number of carboxylic acid groups (broad SMARTS) is 1. The summed E-state index contributed by atoms with van der Waals surface area (Å²) in [5.41, 5.74) is 7.28. The van der Waals surface area contributed by atoms with E-state index in [0.29, 0.717) is 0 Å². The number of likely N-dealkylation sites (N-methyl/N-ethyl adjacent to an activating group) is 1. The summed E-state index contributed by atoms with van der Waals surface area (Å²) >= 11 is 0. The van der Waals surface area contributed by atoms with Crippen LogP contribution in [0.2, 0.25) is 0 Å². The lowest BCUT2D eigenvalue weighted by Crippen LogP contribution is -2.53. The zero-order valence-electron chi connectivity index (χ0n) is 16.9. The Labute approximate surface area is 176 Å². The second-order valence-corrected chi connectivity index (χ2v) is 7.28. The third-order valence-corrected chi connectivity index (χ3v) is 5.52. The van der Waals surface area contributed by atoms with Crippen LogP contribution in [-0.4, -0.2) is 35.0 Å². The summed E-state index contributed by atoms with van der Waals surface area (Å²) in [4.78, 5) is 25.6. The summed E-state index contributed by atoms with van der Waals surface area (Å²) in [5.74, 6) is -1.51. The lowest BCUT2D eigenvalue weighted by Gasteiger charge is -2.46. The van der Waals surface area contributed by atoms with Crippen molar-refractivity contribution in [1.29, 1.82) is 0 Å². The van der Waals surface area contributed by atoms with E-state index in [-0.39, 0.29) is 12.8 Å². The fraction of sp³-hybridized carbons (Fsp3) is 0.200. The summed E-state index contributed by atoms with van der Waals surface area (Å²) in [6.45, 7) is 0. The Morgan fingerprint density at radius 3 is 1.50 bits per heavy atom. The number of amides is 1. The predicted octanol–water partition coefficient (Wildman–Crippen LogP) is 3.63. The molecule has 0 heterocycles. The van der Waals surface area contributed by atoms with E-state index in [9.17, 15) is 14.7 Å². The van der Waals surface area contributed by atoms with Crippen LogP contribution in [0, 0.1) is 0 Å². The smallest absolute Gasteiger partial charge is 0.320 e. The highest BCUT2D eigenvalue weighted by Crippen LogP contribution is 2.43. The fourth-order valence-electron chi connectivity index (χ4n) is 4.14. The summed E-state index contributed by atoms with van der Waals surface area (Å²) in [6, 6.07) is 28.6. The fourth-order valence-corrected chi connectivity index (χ4v) is 4.14. The van der Waals surface area contributed by atoms with Crippen LogP contribution in [0.25, 0.3) is 0 Å². The number of rotatable bonds is 9. The van der Waals surface area contributed by atoms with Gasteiger partial charge in [-0.3, -0.25) is 14.5 Å². The largest absolute Gasteiger partial charge is 0.480 e. The molecule has 1 atom stereocenters. The number of benzene rings is 3. The molecule has 0 spiro atoms. The topological polar surface area (TPSA) is 83.6 Å². The van der Waals surface area contributed by atoms with Gasteiger partial charge in [0.15, 0.2) is 0 Å². The first kappa shape index (κ1) is 21.3. The van der Waals surface area contributed by atoms with Gasteiger partial charge in [-0.25, -0.2) is 0 Å². The van der Waals surface area contributed by atoms with E-state index in [1.54, 1.807) is 7.05 Å². The van der Waals surface area contributed by atoms with Crippen molar-refractivity contribution in [1.82, 2.24) is 4.90 Å². The van der Waals surface area contributed by atoms with Gasteiger partial charge < -0.3 is 10.8 Å². The molecule has 5 heteroatoms. The highest BCUT2D eigenvalue weighted by Gasteiger charge is 2.44. The highest BCUT2D eigenvalue weighted by molar-refractivity contribution is 5.77. The predicted molar refractivity (Wildman–Crippen MR) is 117 cm³/mol. The van der Waals surface area contributed by atoms with Gasteiger partial charge in [-0.15, -0.1) is 0 Å². The van der Waals surface area contributed by atoms with Gasteiger partial charge >= 0.3 is 5.97 Å². The molecule has 30 heavy (non-hydrogen) atoms. The van der Waals surface area contributed by atoms with Crippen molar-refractivity contribution in [2.75, 3.05) is 7.05 Å². The molecule has 0 aromatic heterocycles. The number of carboxylic acids is 1. The number of nitrogens with zero attached hydrogens (tertiary/aromatic N) is 1. The summed E-state index contributed by atoms with van der Waals surface area (Å²) < 4.78 is 0. The maximum Gasteiger partial charge on any atom is 0.320 e. The molecule has 0 saturated heterocycles. The number of aliphatic carboxylic acids is 1. The third-order valence-electron chi connectivity index (χ3n) is 5.52. The number of carbonyl (C=O) groups is 2. The van der Waals surface area contributed by atoms with Gasteiger partial charge in [-0.05, 0) is 30.2 Å². The molecule has 0 saturated carbocycles. The van der Waals surface area contributed by atoms with Crippen LogP contribution >= 0.6 is 0 Å². The van der Waals surface area contributed by atoms with E-state index < -0.39 is 23.5 Å². The Morgan fingerprint density at radius 1 is 0.833 bits per heavy atom. The lowest BCUT2D eigenvalue weighted by atomic mass is 9.75. The Kier molecular flexibility index (Phi) is 6.65. The van der Waals surface area contributed by atoms with Crippen LogP contribution in [0.4, 0.5) is 0 Å². The van der Waals surface area contributed by atoms with Gasteiger partial charge in [0.05, 0.1) is 5.54 Å². The normalized spacial score (nSPS) is 12.5. The van der Waals surface area contributed by atoms with Gasteiger partial charge in [0.1, 0.15) is 6.04 Å². The number of primary amides is 1. The van der Waals surface area contributed by atoms with Gasteiger partial charge in [-0.1, -0.05) is 91.0 Å². The van der Waals surface area contributed by atoms with Crippen LogP contribution in [0.3, 0.4) is 0 Å². The maximum absolute atomic E-state index is 12.3. The molecule has 3 aromatic rings. The van der Waals surface area contributed by atoms with Crippen LogP contribution in [0.1, 0.15) is 29.5 Å². The van der Waals surface area contributed by atoms with E-state index in [0.717, 1.165) is 16.7 Å². The minimum Gasteiger partial charge on any atom is -0.480 e. The number of carbonyl (C=O) groups excluding carboxylic acids is 1. The first-order valence-electron chi connectivity index (χ1n) is 9.88. The molecular weight excluding hydrogens is 376 g/mol. The molecule has 0 aliphatic heterocycles. The van der Waals surface area contributed by atoms with E-state index in [2.05, 4.69) is 0 Å². The number of hydrogen-bond acceptors (Lipinski definition) is 3. The molecule has 0 aliphatic rings. The molecule has 3 aromatic carbocycles. The number of nitrogens with two attached hydrogens (primary N) is 1. The third kappa shape index (κ3) is 4.11. The SMILES string of the molecule is CN([C@@H](CCC(N)=O)C(=O)O)C(c1ccccc1)(c1ccccc1)c1ccccc1. The zero-order valence-corrected chi connectivity index (χ0v) is 16.9. The first-order valence-corrected chi connectivity index (χ1v) is 9.88. The van der Waals surface area contributed by atoms with Crippen LogP contribution in [-0.2, 0) is 15.1 Å². The van der Waals surface area contributed by atoms with Crippen LogP contribution in [0.5, 0.6) is 0 Å². The molecular formula is C25H26N2O3. The van der Waals surface area contributed by atoms with Crippen molar-refractivity contribution >= 4 is 11.9 Å². The zero-order chi connectivity index (χ0) is 21.6. The van der Waals surface area contributed by atoms with Crippen molar-refractivity contribution in [2.45, 2.75) is 24.4 Å². The molecule has 1 amide bonds. The molecule has 0 aliphatic carbocycles. The van der Waals surface area contributed by atoms with Gasteiger partial charge in [0, 0.05) is 6.42 Å². The van der Waals surface area contributed by atoms with E-state index in [4.69, 9.17) is 5.73 Å². The minimum atomic E-state index is -0.995. The summed E-state index contributed by atoms with van der Waals surface area (Å²) in [5, 5.41) is 10.1. The quantitative estimate of drug-likeness (QED) is 0.536. The molecule has 0 bridgehead atoms. The molecule has 0 fully saturated rings. The lowest BCUT2D eigenvalue weighted by molar-refractivity contribution is -0.144. The average molecular weight is 402 g/mol. The average Bonchev–Trinajstić information content (AvgIpc) is 2.76. The van der Waals surface area contributed by atoms with Crippen molar-refractivity contribution < 1.29 is 14.7 Å². The maximum atomic E-state index is 12.3. The second-order valence-electron chi connectivity index (χ2n) is 7.28. The molecule has 5 nitrogen and oxygen atoms in total. The van der Waals surface area contributed by atoms with Gasteiger partial charge in [0.25, 0.3) is 0 Å². The molecule has 3 N–H and O–H groups in total. The second kappa shape index (κ2) is 9.37. The van der Waals surface area contributed by atoms with Crippen LogP contribution in [0.15, 0.2) is 91.0 Å². The van der Waals surface area contributed by atoms with E-state index >= 15 is 0 Å². The Bertz CT molecular complexity index is 878. The monoisotopic (exact) mass is 402 g/mol. The number of hydrogen-bond donors (Lipinski definition) is 2. The molecule has 3 rings (SSSR count).